The number of aromatic nitrogens is 2. The minimum atomic E-state index is 0.138. The Morgan fingerprint density at radius 3 is 3.00 bits per heavy atom. The van der Waals surface area contributed by atoms with Gasteiger partial charge in [0.1, 0.15) is 6.54 Å². The lowest BCUT2D eigenvalue weighted by atomic mass is 9.93. The van der Waals surface area contributed by atoms with E-state index in [0.717, 1.165) is 19.4 Å². The van der Waals surface area contributed by atoms with E-state index in [1.807, 2.05) is 17.2 Å². The van der Waals surface area contributed by atoms with E-state index in [1.165, 1.54) is 0 Å². The monoisotopic (exact) mass is 236 g/mol. The zero-order valence-corrected chi connectivity index (χ0v) is 10.2. The highest BCUT2D eigenvalue weighted by Crippen LogP contribution is 2.21. The van der Waals surface area contributed by atoms with Crippen molar-refractivity contribution < 1.29 is 4.79 Å². The fourth-order valence-corrected chi connectivity index (χ4v) is 2.35. The first-order valence-corrected chi connectivity index (χ1v) is 6.17. The molecule has 0 spiro atoms. The van der Waals surface area contributed by atoms with Crippen molar-refractivity contribution in [2.24, 2.45) is 11.7 Å². The predicted molar refractivity (Wildman–Crippen MR) is 65.2 cm³/mol. The molecule has 1 aromatic rings. The Labute approximate surface area is 102 Å². The molecule has 1 amide bonds. The van der Waals surface area contributed by atoms with E-state index in [4.69, 9.17) is 5.73 Å². The molecule has 17 heavy (non-hydrogen) atoms. The number of piperidine rings is 1. The fourth-order valence-electron chi connectivity index (χ4n) is 2.35. The lowest BCUT2D eigenvalue weighted by Crippen LogP contribution is -2.48. The second-order valence-corrected chi connectivity index (χ2v) is 4.78. The standard InChI is InChI=1S/C12H20N4O/c1-10-3-4-11(7-13)8-16(10)12(17)9-15-6-2-5-14-15/h2,5-6,10-11H,3-4,7-9,13H2,1H3. The molecule has 0 saturated carbocycles. The summed E-state index contributed by atoms with van der Waals surface area (Å²) in [7, 11) is 0. The maximum atomic E-state index is 12.2. The molecule has 2 rings (SSSR count). The molecule has 0 bridgehead atoms. The minimum Gasteiger partial charge on any atom is -0.338 e. The van der Waals surface area contributed by atoms with E-state index in [1.54, 1.807) is 10.9 Å². The average molecular weight is 236 g/mol. The van der Waals surface area contributed by atoms with Crippen LogP contribution in [-0.4, -0.2) is 39.7 Å². The molecule has 5 heteroatoms. The van der Waals surface area contributed by atoms with E-state index >= 15 is 0 Å². The van der Waals surface area contributed by atoms with Gasteiger partial charge in [0.15, 0.2) is 0 Å². The summed E-state index contributed by atoms with van der Waals surface area (Å²) in [6.45, 7) is 3.89. The van der Waals surface area contributed by atoms with Gasteiger partial charge in [-0.05, 0) is 38.3 Å². The number of amides is 1. The highest BCUT2D eigenvalue weighted by atomic mass is 16.2. The van der Waals surface area contributed by atoms with Gasteiger partial charge in [-0.2, -0.15) is 5.10 Å². The molecule has 0 aromatic carbocycles. The van der Waals surface area contributed by atoms with Crippen molar-refractivity contribution in [3.63, 3.8) is 0 Å². The van der Waals surface area contributed by atoms with Gasteiger partial charge in [0, 0.05) is 25.0 Å². The Bertz CT molecular complexity index is 363. The molecular weight excluding hydrogens is 216 g/mol. The molecule has 2 heterocycles. The van der Waals surface area contributed by atoms with Crippen LogP contribution in [0.1, 0.15) is 19.8 Å². The first-order chi connectivity index (χ1) is 8.20. The molecule has 2 N–H and O–H groups in total. The van der Waals surface area contributed by atoms with E-state index in [0.29, 0.717) is 25.0 Å². The number of likely N-dealkylation sites (tertiary alicyclic amines) is 1. The molecule has 1 aromatic heterocycles. The maximum Gasteiger partial charge on any atom is 0.244 e. The van der Waals surface area contributed by atoms with E-state index in [-0.39, 0.29) is 5.91 Å². The third-order valence-electron chi connectivity index (χ3n) is 3.49. The minimum absolute atomic E-state index is 0.138. The topological polar surface area (TPSA) is 64.2 Å². The van der Waals surface area contributed by atoms with Crippen molar-refractivity contribution in [1.82, 2.24) is 14.7 Å². The third-order valence-corrected chi connectivity index (χ3v) is 3.49. The van der Waals surface area contributed by atoms with Crippen LogP contribution in [0.4, 0.5) is 0 Å². The van der Waals surface area contributed by atoms with Gasteiger partial charge in [-0.15, -0.1) is 0 Å². The quantitative estimate of drug-likeness (QED) is 0.829. The zero-order chi connectivity index (χ0) is 12.3. The third kappa shape index (κ3) is 2.85. The normalized spacial score (nSPS) is 24.9. The first-order valence-electron chi connectivity index (χ1n) is 6.17. The summed E-state index contributed by atoms with van der Waals surface area (Å²) >= 11 is 0. The highest BCUT2D eigenvalue weighted by molar-refractivity contribution is 5.76. The average Bonchev–Trinajstić information content (AvgIpc) is 2.82. The van der Waals surface area contributed by atoms with Crippen LogP contribution in [-0.2, 0) is 11.3 Å². The van der Waals surface area contributed by atoms with Crippen molar-refractivity contribution in [3.8, 4) is 0 Å². The van der Waals surface area contributed by atoms with E-state index in [2.05, 4.69) is 12.0 Å². The van der Waals surface area contributed by atoms with Crippen LogP contribution in [0, 0.1) is 5.92 Å². The number of hydrogen-bond acceptors (Lipinski definition) is 3. The summed E-state index contributed by atoms with van der Waals surface area (Å²) in [6.07, 6.45) is 5.68. The summed E-state index contributed by atoms with van der Waals surface area (Å²) in [5.74, 6) is 0.590. The molecule has 1 aliphatic heterocycles. The molecular formula is C12H20N4O. The number of hydrogen-bond donors (Lipinski definition) is 1. The van der Waals surface area contributed by atoms with Gasteiger partial charge in [-0.25, -0.2) is 0 Å². The van der Waals surface area contributed by atoms with E-state index < -0.39 is 0 Å². The molecule has 2 unspecified atom stereocenters. The van der Waals surface area contributed by atoms with Crippen molar-refractivity contribution in [1.29, 1.82) is 0 Å². The first kappa shape index (κ1) is 12.1. The number of nitrogens with two attached hydrogens (primary N) is 1. The Kier molecular flexibility index (Phi) is 3.78. The number of carbonyl (C=O) groups is 1. The Morgan fingerprint density at radius 1 is 1.53 bits per heavy atom. The van der Waals surface area contributed by atoms with Gasteiger partial charge in [0.05, 0.1) is 0 Å². The summed E-state index contributed by atoms with van der Waals surface area (Å²) in [5, 5.41) is 4.06. The lowest BCUT2D eigenvalue weighted by Gasteiger charge is -2.37. The van der Waals surface area contributed by atoms with Gasteiger partial charge in [0.25, 0.3) is 0 Å². The summed E-state index contributed by atoms with van der Waals surface area (Å²) < 4.78 is 1.67. The second kappa shape index (κ2) is 5.31. The Balaban J connectivity index is 1.97. The molecule has 0 radical (unpaired) electrons. The number of rotatable bonds is 3. The SMILES string of the molecule is CC1CCC(CN)CN1C(=O)Cn1cccn1. The lowest BCUT2D eigenvalue weighted by molar-refractivity contribution is -0.136. The van der Waals surface area contributed by atoms with Gasteiger partial charge >= 0.3 is 0 Å². The molecule has 2 atom stereocenters. The van der Waals surface area contributed by atoms with Gasteiger partial charge < -0.3 is 10.6 Å². The summed E-state index contributed by atoms with van der Waals surface area (Å²) in [5.41, 5.74) is 5.69. The molecule has 1 aliphatic rings. The van der Waals surface area contributed by atoms with Gasteiger partial charge in [-0.1, -0.05) is 0 Å². The van der Waals surface area contributed by atoms with Crippen molar-refractivity contribution >= 4 is 5.91 Å². The Hall–Kier alpha value is -1.36. The number of carbonyl (C=O) groups excluding carboxylic acids is 1. The van der Waals surface area contributed by atoms with E-state index in [9.17, 15) is 4.79 Å². The molecule has 1 fully saturated rings. The van der Waals surface area contributed by atoms with Gasteiger partial charge in [-0.3, -0.25) is 9.48 Å². The summed E-state index contributed by atoms with van der Waals surface area (Å²) in [6, 6.07) is 2.15. The zero-order valence-electron chi connectivity index (χ0n) is 10.2. The smallest absolute Gasteiger partial charge is 0.244 e. The second-order valence-electron chi connectivity index (χ2n) is 4.78. The van der Waals surface area contributed by atoms with Crippen LogP contribution in [0.2, 0.25) is 0 Å². The van der Waals surface area contributed by atoms with Crippen LogP contribution < -0.4 is 5.73 Å². The molecule has 5 nitrogen and oxygen atoms in total. The predicted octanol–water partition coefficient (Wildman–Crippen LogP) is 0.469. The maximum absolute atomic E-state index is 12.2. The molecule has 94 valence electrons. The van der Waals surface area contributed by atoms with Crippen molar-refractivity contribution in [3.05, 3.63) is 18.5 Å². The van der Waals surface area contributed by atoms with Crippen LogP contribution in [0.25, 0.3) is 0 Å². The van der Waals surface area contributed by atoms with Crippen LogP contribution in [0.15, 0.2) is 18.5 Å². The summed E-state index contributed by atoms with van der Waals surface area (Å²) in [4.78, 5) is 14.1. The van der Waals surface area contributed by atoms with Crippen LogP contribution >= 0.6 is 0 Å². The van der Waals surface area contributed by atoms with Crippen molar-refractivity contribution in [2.45, 2.75) is 32.4 Å². The van der Waals surface area contributed by atoms with Crippen LogP contribution in [0.3, 0.4) is 0 Å². The molecule has 1 saturated heterocycles. The Morgan fingerprint density at radius 2 is 2.35 bits per heavy atom. The highest BCUT2D eigenvalue weighted by Gasteiger charge is 2.28. The van der Waals surface area contributed by atoms with Crippen molar-refractivity contribution in [2.75, 3.05) is 13.1 Å². The largest absolute Gasteiger partial charge is 0.338 e. The molecule has 0 aliphatic carbocycles. The number of nitrogens with zero attached hydrogens (tertiary/aromatic N) is 3. The van der Waals surface area contributed by atoms with Crippen LogP contribution in [0.5, 0.6) is 0 Å². The van der Waals surface area contributed by atoms with Gasteiger partial charge in [0.2, 0.25) is 5.91 Å². The fraction of sp³-hybridized carbons (Fsp3) is 0.667.